The zero-order valence-electron chi connectivity index (χ0n) is 10.1. The molecular formula is C12H25N. The molecule has 0 heterocycles. The second-order valence-corrected chi connectivity index (χ2v) is 1.80. The third-order valence-corrected chi connectivity index (χ3v) is 1.03. The Morgan fingerprint density at radius 3 is 2.00 bits per heavy atom. The summed E-state index contributed by atoms with van der Waals surface area (Å²) in [7, 11) is 0. The number of hydrogen-bond acceptors (Lipinski definition) is 1. The Kier molecular flexibility index (Phi) is 31.2. The van der Waals surface area contributed by atoms with Crippen molar-refractivity contribution in [2.24, 2.45) is 4.99 Å². The Bertz CT molecular complexity index is 132. The van der Waals surface area contributed by atoms with E-state index in [0.717, 1.165) is 12.1 Å². The van der Waals surface area contributed by atoms with Gasteiger partial charge < -0.3 is 0 Å². The van der Waals surface area contributed by atoms with E-state index in [-0.39, 0.29) is 0 Å². The fraction of sp³-hybridized carbons (Fsp3) is 0.583. The van der Waals surface area contributed by atoms with Gasteiger partial charge in [-0.3, -0.25) is 4.99 Å². The van der Waals surface area contributed by atoms with Crippen molar-refractivity contribution in [1.29, 1.82) is 0 Å². The average Bonchev–Trinajstić information content (AvgIpc) is 2.24. The van der Waals surface area contributed by atoms with Gasteiger partial charge >= 0.3 is 0 Å². The molecule has 0 radical (unpaired) electrons. The highest BCUT2D eigenvalue weighted by molar-refractivity contribution is 5.82. The van der Waals surface area contributed by atoms with Gasteiger partial charge in [0.05, 0.1) is 0 Å². The van der Waals surface area contributed by atoms with Gasteiger partial charge in [0.25, 0.3) is 0 Å². The molecule has 0 aromatic carbocycles. The molecule has 0 aliphatic carbocycles. The first-order valence-electron chi connectivity index (χ1n) is 5.12. The summed E-state index contributed by atoms with van der Waals surface area (Å²) in [5.41, 5.74) is 1.15. The highest BCUT2D eigenvalue weighted by Crippen LogP contribution is 1.85. The Hall–Kier alpha value is -0.850. The lowest BCUT2D eigenvalue weighted by molar-refractivity contribution is 1.25. The Morgan fingerprint density at radius 2 is 1.69 bits per heavy atom. The van der Waals surface area contributed by atoms with Gasteiger partial charge in [-0.05, 0) is 19.4 Å². The van der Waals surface area contributed by atoms with E-state index in [2.05, 4.69) is 18.5 Å². The van der Waals surface area contributed by atoms with Crippen LogP contribution in [0.5, 0.6) is 0 Å². The molecule has 1 heteroatoms. The summed E-state index contributed by atoms with van der Waals surface area (Å²) in [6.07, 6.45) is 6.30. The Labute approximate surface area is 84.3 Å². The third kappa shape index (κ3) is 24.7. The van der Waals surface area contributed by atoms with Crippen molar-refractivity contribution in [1.82, 2.24) is 0 Å². The minimum Gasteiger partial charge on any atom is -0.266 e. The Morgan fingerprint density at radius 1 is 1.23 bits per heavy atom. The van der Waals surface area contributed by atoms with Crippen LogP contribution in [0.2, 0.25) is 0 Å². The summed E-state index contributed by atoms with van der Waals surface area (Å²) in [5.74, 6) is 0. The van der Waals surface area contributed by atoms with E-state index in [0.29, 0.717) is 0 Å². The van der Waals surface area contributed by atoms with Crippen LogP contribution < -0.4 is 0 Å². The Balaban J connectivity index is -0.000000218. The molecule has 0 bridgehead atoms. The van der Waals surface area contributed by atoms with Gasteiger partial charge in [-0.15, -0.1) is 0 Å². The minimum atomic E-state index is 1.02. The van der Waals surface area contributed by atoms with Gasteiger partial charge in [-0.1, -0.05) is 47.3 Å². The van der Waals surface area contributed by atoms with Gasteiger partial charge in [-0.2, -0.15) is 0 Å². The maximum absolute atomic E-state index is 4.10. The van der Waals surface area contributed by atoms with E-state index in [9.17, 15) is 0 Å². The normalized spacial score (nSPS) is 9.54. The van der Waals surface area contributed by atoms with E-state index in [1.165, 1.54) is 0 Å². The maximum Gasteiger partial charge on any atom is 0.0266 e. The van der Waals surface area contributed by atoms with E-state index >= 15 is 0 Å². The number of rotatable bonds is 3. The van der Waals surface area contributed by atoms with Crippen LogP contribution in [0.25, 0.3) is 0 Å². The van der Waals surface area contributed by atoms with Crippen molar-refractivity contribution >= 4 is 5.71 Å². The summed E-state index contributed by atoms with van der Waals surface area (Å²) in [6.45, 7) is 15.6. The van der Waals surface area contributed by atoms with Crippen LogP contribution in [0.4, 0.5) is 0 Å². The molecule has 0 saturated heterocycles. The van der Waals surface area contributed by atoms with Crippen molar-refractivity contribution < 1.29 is 0 Å². The van der Waals surface area contributed by atoms with Gasteiger partial charge in [0, 0.05) is 11.9 Å². The quantitative estimate of drug-likeness (QED) is 0.447. The summed E-state index contributed by atoms with van der Waals surface area (Å²) < 4.78 is 0. The van der Waals surface area contributed by atoms with Crippen LogP contribution in [-0.2, 0) is 0 Å². The molecule has 78 valence electrons. The molecule has 0 aromatic heterocycles. The van der Waals surface area contributed by atoms with Crippen molar-refractivity contribution in [3.63, 3.8) is 0 Å². The monoisotopic (exact) mass is 183 g/mol. The number of hydrogen-bond donors (Lipinski definition) is 0. The zero-order chi connectivity index (χ0) is 11.1. The van der Waals surface area contributed by atoms with E-state index in [1.54, 1.807) is 12.3 Å². The average molecular weight is 183 g/mol. The molecule has 0 N–H and O–H groups in total. The lowest BCUT2D eigenvalue weighted by Crippen LogP contribution is -1.83. The topological polar surface area (TPSA) is 12.4 Å². The SMILES string of the molecule is C=C/C=C\N=C(C)CC.CC.CC. The van der Waals surface area contributed by atoms with E-state index in [1.807, 2.05) is 40.7 Å². The highest BCUT2D eigenvalue weighted by atomic mass is 14.7. The fourth-order valence-corrected chi connectivity index (χ4v) is 0.322. The molecule has 0 saturated carbocycles. The molecule has 0 aliphatic rings. The molecule has 0 rings (SSSR count). The van der Waals surface area contributed by atoms with Crippen LogP contribution in [0, 0.1) is 0 Å². The van der Waals surface area contributed by atoms with Crippen LogP contribution in [0.1, 0.15) is 48.0 Å². The van der Waals surface area contributed by atoms with Crippen LogP contribution in [0.15, 0.2) is 29.9 Å². The standard InChI is InChI=1S/C8H13N.2C2H6/c1-4-6-7-9-8(3)5-2;2*1-2/h4,6-7H,1,5H2,2-3H3;2*1-2H3/b7-6-,9-8?;;. The predicted octanol–water partition coefficient (Wildman–Crippen LogP) is 4.61. The van der Waals surface area contributed by atoms with Gasteiger partial charge in [-0.25, -0.2) is 0 Å². The largest absolute Gasteiger partial charge is 0.266 e. The third-order valence-electron chi connectivity index (χ3n) is 1.03. The predicted molar refractivity (Wildman–Crippen MR) is 65.4 cm³/mol. The van der Waals surface area contributed by atoms with Crippen LogP contribution in [-0.4, -0.2) is 5.71 Å². The van der Waals surface area contributed by atoms with Gasteiger partial charge in [0.2, 0.25) is 0 Å². The summed E-state index contributed by atoms with van der Waals surface area (Å²) in [6, 6.07) is 0. The number of allylic oxidation sites excluding steroid dienone is 2. The molecule has 13 heavy (non-hydrogen) atoms. The van der Waals surface area contributed by atoms with E-state index < -0.39 is 0 Å². The second kappa shape index (κ2) is 22.5. The summed E-state index contributed by atoms with van der Waals surface area (Å²) in [5, 5.41) is 0. The smallest absolute Gasteiger partial charge is 0.0266 e. The first-order valence-corrected chi connectivity index (χ1v) is 5.12. The maximum atomic E-state index is 4.10. The minimum absolute atomic E-state index is 1.02. The summed E-state index contributed by atoms with van der Waals surface area (Å²) >= 11 is 0. The molecule has 0 aliphatic heterocycles. The second-order valence-electron chi connectivity index (χ2n) is 1.80. The van der Waals surface area contributed by atoms with Gasteiger partial charge in [0.15, 0.2) is 0 Å². The fourth-order valence-electron chi connectivity index (χ4n) is 0.322. The molecule has 0 unspecified atom stereocenters. The van der Waals surface area contributed by atoms with Gasteiger partial charge in [0.1, 0.15) is 0 Å². The van der Waals surface area contributed by atoms with E-state index in [4.69, 9.17) is 0 Å². The lowest BCUT2D eigenvalue weighted by Gasteiger charge is -1.86. The summed E-state index contributed by atoms with van der Waals surface area (Å²) in [4.78, 5) is 4.10. The first-order chi connectivity index (χ1) is 6.31. The number of aliphatic imine (C=N–C) groups is 1. The van der Waals surface area contributed by atoms with Crippen LogP contribution in [0.3, 0.4) is 0 Å². The van der Waals surface area contributed by atoms with Crippen LogP contribution >= 0.6 is 0 Å². The first kappa shape index (κ1) is 18.0. The van der Waals surface area contributed by atoms with Crippen molar-refractivity contribution in [3.05, 3.63) is 24.9 Å². The highest BCUT2D eigenvalue weighted by Gasteiger charge is 1.77. The lowest BCUT2D eigenvalue weighted by atomic mass is 10.3. The molecule has 1 nitrogen and oxygen atoms in total. The molecule has 0 spiro atoms. The molecular weight excluding hydrogens is 158 g/mol. The van der Waals surface area contributed by atoms with Crippen molar-refractivity contribution in [2.75, 3.05) is 0 Å². The molecule has 0 atom stereocenters. The zero-order valence-corrected chi connectivity index (χ0v) is 10.1. The van der Waals surface area contributed by atoms with Crippen molar-refractivity contribution in [2.45, 2.75) is 48.0 Å². The molecule has 0 fully saturated rings. The molecule has 0 amide bonds. The number of nitrogens with zero attached hydrogens (tertiary/aromatic N) is 1. The molecule has 0 aromatic rings. The van der Waals surface area contributed by atoms with Crippen molar-refractivity contribution in [3.8, 4) is 0 Å².